The zero-order chi connectivity index (χ0) is 4.50. The van der Waals surface area contributed by atoms with Crippen molar-refractivity contribution in [2.75, 3.05) is 0 Å². The fourth-order valence-corrected chi connectivity index (χ4v) is 0. The molecule has 0 spiro atoms. The van der Waals surface area contributed by atoms with Gasteiger partial charge in [0.15, 0.2) is 0 Å². The molecule has 0 aliphatic rings. The topological polar surface area (TPSA) is 121 Å². The largest absolute Gasteiger partial charge is 2.00 e. The van der Waals surface area contributed by atoms with Crippen molar-refractivity contribution >= 4 is 30.9 Å². The summed E-state index contributed by atoms with van der Waals surface area (Å²) in [5, 5.41) is 0. The number of rotatable bonds is 0. The van der Waals surface area contributed by atoms with Crippen LogP contribution in [0.3, 0.4) is 0 Å². The zero-order valence-electron chi connectivity index (χ0n) is 5.49. The molecular weight excluding hydrogens is 211 g/mol. The quantitative estimate of drug-likeness (QED) is 0.317. The molecule has 9 heteroatoms. The molecule has 0 saturated heterocycles. The van der Waals surface area contributed by atoms with E-state index in [9.17, 15) is 0 Å². The van der Waals surface area contributed by atoms with E-state index in [1.54, 1.807) is 0 Å². The van der Waals surface area contributed by atoms with Crippen molar-refractivity contribution in [2.45, 2.75) is 0 Å². The van der Waals surface area contributed by atoms with Crippen LogP contribution in [0.2, 0.25) is 0 Å². The van der Waals surface area contributed by atoms with Crippen LogP contribution in [-0.4, -0.2) is 23.1 Å². The summed E-state index contributed by atoms with van der Waals surface area (Å²) in [6, 6.07) is 0. The molecule has 0 aliphatic carbocycles. The molecule has 0 aliphatic heterocycles. The minimum absolute atomic E-state index is 0. The van der Waals surface area contributed by atoms with Crippen LogP contribution >= 0.6 is 7.82 Å². The summed E-state index contributed by atoms with van der Waals surface area (Å²) in [6.45, 7) is 0. The summed E-state index contributed by atoms with van der Waals surface area (Å²) in [5.41, 5.74) is 0. The van der Waals surface area contributed by atoms with Crippen LogP contribution < -0.4 is 124 Å². The Morgan fingerprint density at radius 3 is 1.00 bits per heavy atom. The summed E-state index contributed by atoms with van der Waals surface area (Å²) >= 11 is 0. The van der Waals surface area contributed by atoms with Gasteiger partial charge in [0, 0.05) is 0 Å². The zero-order valence-corrected chi connectivity index (χ0v) is 14.0. The van der Waals surface area contributed by atoms with Crippen molar-refractivity contribution in [3.05, 3.63) is 0 Å². The molecule has 0 aromatic rings. The standard InChI is InChI=1S/2K.Mg.H3N.H3O4P/c;;;;1-5(2,3)4/h;;;1H3;(H3,1,2,3,4)/q2*+1;+2;;/p-3. The maximum Gasteiger partial charge on any atom is 2.00 e. The first-order chi connectivity index (χ1) is 2.00. The maximum absolute atomic E-state index is 8.55. The second-order valence-electron chi connectivity index (χ2n) is 0.447. The van der Waals surface area contributed by atoms with Crippen LogP contribution in [-0.2, 0) is 4.57 Å². The van der Waals surface area contributed by atoms with Gasteiger partial charge in [-0.25, -0.2) is 0 Å². The van der Waals surface area contributed by atoms with Crippen molar-refractivity contribution in [2.24, 2.45) is 0 Å². The Morgan fingerprint density at radius 1 is 1.00 bits per heavy atom. The van der Waals surface area contributed by atoms with Gasteiger partial charge in [-0.1, -0.05) is 0 Å². The molecule has 5 nitrogen and oxygen atoms in total. The van der Waals surface area contributed by atoms with Gasteiger partial charge in [0.25, 0.3) is 0 Å². The Morgan fingerprint density at radius 2 is 1.00 bits per heavy atom. The molecule has 0 radical (unpaired) electrons. The Hall–Kier alpha value is 4.11. The summed E-state index contributed by atoms with van der Waals surface area (Å²) in [6.07, 6.45) is 0. The monoisotopic (exact) mass is 214 g/mol. The van der Waals surface area contributed by atoms with E-state index in [2.05, 4.69) is 0 Å². The summed E-state index contributed by atoms with van der Waals surface area (Å²) in [4.78, 5) is 25.6. The van der Waals surface area contributed by atoms with E-state index >= 15 is 0 Å². The predicted octanol–water partition coefficient (Wildman–Crippen LogP) is -9.04. The molecule has 9 heavy (non-hydrogen) atoms. The van der Waals surface area contributed by atoms with Crippen molar-refractivity contribution < 1.29 is 122 Å². The van der Waals surface area contributed by atoms with E-state index in [4.69, 9.17) is 19.2 Å². The molecule has 0 aromatic carbocycles. The van der Waals surface area contributed by atoms with Gasteiger partial charge < -0.3 is 25.4 Å². The summed E-state index contributed by atoms with van der Waals surface area (Å²) in [7, 11) is -5.39. The van der Waals surface area contributed by atoms with Gasteiger partial charge in [0.1, 0.15) is 0 Å². The molecule has 0 amide bonds. The molecule has 0 aromatic heterocycles. The first-order valence-electron chi connectivity index (χ1n) is 0.730. The fraction of sp³-hybridized carbons (Fsp3) is 0. The van der Waals surface area contributed by atoms with E-state index in [1.165, 1.54) is 0 Å². The van der Waals surface area contributed by atoms with E-state index in [-0.39, 0.29) is 132 Å². The van der Waals surface area contributed by atoms with Crippen LogP contribution in [0.15, 0.2) is 0 Å². The van der Waals surface area contributed by atoms with Gasteiger partial charge in [-0.05, 0) is 0 Å². The van der Waals surface area contributed by atoms with Crippen molar-refractivity contribution in [1.29, 1.82) is 0 Å². The summed E-state index contributed by atoms with van der Waals surface area (Å²) in [5.74, 6) is 0. The molecule has 0 fully saturated rings. The van der Waals surface area contributed by atoms with Gasteiger partial charge in [-0.15, -0.1) is 0 Å². The Kier molecular flexibility index (Phi) is 47.5. The molecule has 0 rings (SSSR count). The van der Waals surface area contributed by atoms with Crippen molar-refractivity contribution in [3.8, 4) is 0 Å². The molecule has 0 saturated carbocycles. The second-order valence-corrected chi connectivity index (χ2v) is 1.34. The van der Waals surface area contributed by atoms with E-state index < -0.39 is 7.82 Å². The Labute approximate surface area is 155 Å². The third-order valence-corrected chi connectivity index (χ3v) is 0. The number of phosphoric acid groups is 1. The minimum atomic E-state index is -5.39. The van der Waals surface area contributed by atoms with Gasteiger partial charge in [0.05, 0.1) is 0 Å². The fourth-order valence-electron chi connectivity index (χ4n) is 0. The SMILES string of the molecule is N.O=P([O-])([O-])[O-].[K+].[K+].[Mg+2]. The van der Waals surface area contributed by atoms with E-state index in [1.807, 2.05) is 0 Å². The van der Waals surface area contributed by atoms with Gasteiger partial charge in [-0.3, -0.25) is 0 Å². The molecule has 0 unspecified atom stereocenters. The van der Waals surface area contributed by atoms with Crippen molar-refractivity contribution in [1.82, 2.24) is 6.15 Å². The van der Waals surface area contributed by atoms with Crippen LogP contribution in [0.5, 0.6) is 0 Å². The molecular formula is H3K2MgNO4P+. The molecule has 3 N–H and O–H groups in total. The van der Waals surface area contributed by atoms with Crippen LogP contribution in [0.25, 0.3) is 0 Å². The molecule has 40 valence electrons. The maximum atomic E-state index is 8.55. The Balaban J connectivity index is -0.0000000133. The number of hydrogen-bond acceptors (Lipinski definition) is 5. The first-order valence-corrected chi connectivity index (χ1v) is 2.19. The van der Waals surface area contributed by atoms with Crippen LogP contribution in [0.1, 0.15) is 0 Å². The third kappa shape index (κ3) is 73.3. The van der Waals surface area contributed by atoms with Crippen LogP contribution in [0, 0.1) is 0 Å². The first kappa shape index (κ1) is 29.2. The number of hydrogen-bond donors (Lipinski definition) is 1. The average molecular weight is 215 g/mol. The predicted molar refractivity (Wildman–Crippen MR) is 18.4 cm³/mol. The Bertz CT molecular complexity index is 64.7. The smallest absolute Gasteiger partial charge is 0.822 e. The second kappa shape index (κ2) is 14.6. The molecule has 0 heterocycles. The molecule has 0 bridgehead atoms. The molecule has 0 atom stereocenters. The van der Waals surface area contributed by atoms with Crippen molar-refractivity contribution in [3.63, 3.8) is 0 Å². The van der Waals surface area contributed by atoms with E-state index in [0.717, 1.165) is 0 Å². The minimum Gasteiger partial charge on any atom is -0.822 e. The van der Waals surface area contributed by atoms with Gasteiger partial charge >= 0.3 is 126 Å². The van der Waals surface area contributed by atoms with E-state index in [0.29, 0.717) is 0 Å². The third-order valence-electron chi connectivity index (χ3n) is 0. The van der Waals surface area contributed by atoms with Gasteiger partial charge in [-0.2, -0.15) is 7.82 Å². The average Bonchev–Trinajstić information content (AvgIpc) is 0.722. The summed E-state index contributed by atoms with van der Waals surface area (Å²) < 4.78 is 8.55. The normalized spacial score (nSPS) is 6.56. The van der Waals surface area contributed by atoms with Gasteiger partial charge in [0.2, 0.25) is 0 Å². The van der Waals surface area contributed by atoms with Crippen LogP contribution in [0.4, 0.5) is 0 Å².